The molecule has 2 aromatic rings. The van der Waals surface area contributed by atoms with E-state index in [9.17, 15) is 39.4 Å². The molecule has 0 N–H and O–H groups in total. The summed E-state index contributed by atoms with van der Waals surface area (Å²) in [4.78, 5) is 72.3. The highest BCUT2D eigenvalue weighted by molar-refractivity contribution is 8.17. The van der Waals surface area contributed by atoms with E-state index in [0.717, 1.165) is 0 Å². The third-order valence-corrected chi connectivity index (χ3v) is 9.14. The fraction of sp³-hybridized carbons (Fsp3) is 0.407. The van der Waals surface area contributed by atoms with Crippen molar-refractivity contribution in [3.05, 3.63) is 79.9 Å². The minimum Gasteiger partial charge on any atom is -0.434 e. The van der Waals surface area contributed by atoms with Crippen LogP contribution in [0.2, 0.25) is 0 Å². The van der Waals surface area contributed by atoms with Crippen LogP contribution in [0.3, 0.4) is 0 Å². The molecule has 0 radical (unpaired) electrons. The van der Waals surface area contributed by atoms with Crippen molar-refractivity contribution in [2.45, 2.75) is 36.7 Å². The normalized spacial score (nSPS) is 15.7. The molecule has 3 rings (SSSR count). The zero-order valence-electron chi connectivity index (χ0n) is 23.7. The maximum absolute atomic E-state index is 12.9. The van der Waals surface area contributed by atoms with Gasteiger partial charge in [0.25, 0.3) is 11.4 Å². The molecule has 2 atom stereocenters. The molecule has 0 saturated carbocycles. The van der Waals surface area contributed by atoms with Gasteiger partial charge in [0.2, 0.25) is 5.91 Å². The molecule has 1 amide bonds. The van der Waals surface area contributed by atoms with Crippen LogP contribution in [-0.4, -0.2) is 75.2 Å². The van der Waals surface area contributed by atoms with Crippen molar-refractivity contribution in [2.24, 2.45) is 5.92 Å². The number of hydrogen-bond donors (Lipinski definition) is 0. The minimum absolute atomic E-state index is 0.0409. The van der Waals surface area contributed by atoms with E-state index in [1.54, 1.807) is 24.6 Å². The molecule has 2 aromatic carbocycles. The molecule has 17 heteroatoms. The van der Waals surface area contributed by atoms with Crippen molar-refractivity contribution >= 4 is 58.9 Å². The quantitative estimate of drug-likeness (QED) is 0.0796. The second-order valence-corrected chi connectivity index (χ2v) is 11.4. The fourth-order valence-electron chi connectivity index (χ4n) is 4.44. The summed E-state index contributed by atoms with van der Waals surface area (Å²) in [6.45, 7) is -1.58. The second kappa shape index (κ2) is 16.5. The van der Waals surface area contributed by atoms with Crippen molar-refractivity contribution in [1.29, 1.82) is 0 Å². The Bertz CT molecular complexity index is 1390. The van der Waals surface area contributed by atoms with Crippen molar-refractivity contribution in [3.63, 3.8) is 0 Å². The molecular weight excluding hydrogens is 622 g/mol. The first-order valence-electron chi connectivity index (χ1n) is 13.0. The number of amides is 1. The molecule has 1 saturated heterocycles. The van der Waals surface area contributed by atoms with E-state index in [1.807, 2.05) is 0 Å². The molecule has 236 valence electrons. The summed E-state index contributed by atoms with van der Waals surface area (Å²) in [5.74, 6) is -1.31. The standard InChI is InChI=1S/C27H29N3O12S2/c1-43-25(44-2)23(31)13-22-19(11-12-39-26(33)40-14-17-7-3-5-9-20(17)29(35)36)24(32)28(22)16-42-27(34)41-15-18-8-4-6-10-21(18)30(37)38/h3-10,19,22,25H,11-16H2,1-2H3. The molecule has 1 heterocycles. The van der Waals surface area contributed by atoms with Crippen LogP contribution in [0.25, 0.3) is 0 Å². The number of likely N-dealkylation sites (tertiary alicyclic amines) is 1. The van der Waals surface area contributed by atoms with Crippen LogP contribution in [0, 0.1) is 26.1 Å². The summed E-state index contributed by atoms with van der Waals surface area (Å²) < 4.78 is 19.7. The summed E-state index contributed by atoms with van der Waals surface area (Å²) in [6, 6.07) is 10.8. The zero-order valence-corrected chi connectivity index (χ0v) is 25.3. The number of hydrogen-bond acceptors (Lipinski definition) is 14. The summed E-state index contributed by atoms with van der Waals surface area (Å²) in [7, 11) is 0. The Kier molecular flexibility index (Phi) is 12.8. The Morgan fingerprint density at radius 3 is 1.84 bits per heavy atom. The lowest BCUT2D eigenvalue weighted by atomic mass is 9.82. The lowest BCUT2D eigenvalue weighted by molar-refractivity contribution is -0.386. The topological polar surface area (TPSA) is 195 Å². The van der Waals surface area contributed by atoms with E-state index in [1.165, 1.54) is 64.8 Å². The summed E-state index contributed by atoms with van der Waals surface area (Å²) >= 11 is 2.68. The summed E-state index contributed by atoms with van der Waals surface area (Å²) in [6.07, 6.45) is 1.30. The Balaban J connectivity index is 1.54. The number of nitro benzene ring substituents is 2. The van der Waals surface area contributed by atoms with Gasteiger partial charge < -0.3 is 23.8 Å². The third-order valence-electron chi connectivity index (χ3n) is 6.60. The van der Waals surface area contributed by atoms with Gasteiger partial charge >= 0.3 is 12.3 Å². The molecule has 0 bridgehead atoms. The molecule has 0 aromatic heterocycles. The van der Waals surface area contributed by atoms with E-state index < -0.39 is 53.4 Å². The molecule has 1 fully saturated rings. The Labute approximate surface area is 259 Å². The van der Waals surface area contributed by atoms with Crippen molar-refractivity contribution in [3.8, 4) is 0 Å². The van der Waals surface area contributed by atoms with Crippen LogP contribution in [0.1, 0.15) is 24.0 Å². The number of β-lactam (4-membered cyclic amide) rings is 1. The SMILES string of the molecule is CSC(SC)C(=O)CC1C(CCOC(=O)OCc2ccccc2[N+](=O)[O-])C(=O)N1COC(=O)OCc1ccccc1[N+](=O)[O-]. The number of nitrogens with zero attached hydrogens (tertiary/aromatic N) is 3. The van der Waals surface area contributed by atoms with Gasteiger partial charge in [0.15, 0.2) is 12.5 Å². The first kappa shape index (κ1) is 34.1. The van der Waals surface area contributed by atoms with E-state index in [-0.39, 0.29) is 58.9 Å². The number of nitro groups is 2. The number of rotatable bonds is 16. The van der Waals surface area contributed by atoms with Crippen LogP contribution in [-0.2, 0) is 41.8 Å². The van der Waals surface area contributed by atoms with Gasteiger partial charge in [-0.3, -0.25) is 29.8 Å². The molecule has 2 unspecified atom stereocenters. The number of ether oxygens (including phenoxy) is 4. The Morgan fingerprint density at radius 1 is 0.841 bits per heavy atom. The van der Waals surface area contributed by atoms with Gasteiger partial charge in [0, 0.05) is 18.6 Å². The van der Waals surface area contributed by atoms with Gasteiger partial charge in [-0.05, 0) is 31.1 Å². The Hall–Kier alpha value is -4.38. The predicted molar refractivity (Wildman–Crippen MR) is 158 cm³/mol. The highest BCUT2D eigenvalue weighted by Crippen LogP contribution is 2.34. The van der Waals surface area contributed by atoms with Crippen LogP contribution in [0.15, 0.2) is 48.5 Å². The van der Waals surface area contributed by atoms with E-state index >= 15 is 0 Å². The summed E-state index contributed by atoms with van der Waals surface area (Å²) in [5, 5.41) is 22.3. The van der Waals surface area contributed by atoms with Crippen LogP contribution < -0.4 is 0 Å². The van der Waals surface area contributed by atoms with Crippen molar-refractivity contribution in [1.82, 2.24) is 4.90 Å². The first-order chi connectivity index (χ1) is 21.1. The van der Waals surface area contributed by atoms with Gasteiger partial charge in [0.05, 0.1) is 39.5 Å². The number of para-hydroxylation sites is 2. The highest BCUT2D eigenvalue weighted by atomic mass is 32.2. The Morgan fingerprint density at radius 2 is 1.34 bits per heavy atom. The fourth-order valence-corrected chi connectivity index (χ4v) is 5.92. The van der Waals surface area contributed by atoms with Crippen LogP contribution >= 0.6 is 23.5 Å². The lowest BCUT2D eigenvalue weighted by Crippen LogP contribution is -2.62. The number of thioether (sulfide) groups is 2. The average molecular weight is 652 g/mol. The van der Waals surface area contributed by atoms with Gasteiger partial charge in [-0.1, -0.05) is 24.3 Å². The zero-order chi connectivity index (χ0) is 32.2. The van der Waals surface area contributed by atoms with Crippen molar-refractivity contribution in [2.75, 3.05) is 25.8 Å². The minimum atomic E-state index is -1.17. The average Bonchev–Trinajstić information content (AvgIpc) is 3.01. The van der Waals surface area contributed by atoms with E-state index in [0.29, 0.717) is 0 Å². The van der Waals surface area contributed by atoms with Gasteiger partial charge in [0.1, 0.15) is 17.8 Å². The number of carbonyl (C=O) groups is 4. The van der Waals surface area contributed by atoms with Gasteiger partial charge in [-0.2, -0.15) is 0 Å². The molecule has 44 heavy (non-hydrogen) atoms. The van der Waals surface area contributed by atoms with Crippen LogP contribution in [0.4, 0.5) is 21.0 Å². The summed E-state index contributed by atoms with van der Waals surface area (Å²) in [5.41, 5.74) is -0.118. The second-order valence-electron chi connectivity index (χ2n) is 9.22. The number of carbonyl (C=O) groups excluding carboxylic acids is 4. The van der Waals surface area contributed by atoms with Crippen LogP contribution in [0.5, 0.6) is 0 Å². The molecule has 1 aliphatic rings. The van der Waals surface area contributed by atoms with Gasteiger partial charge in [-0.15, -0.1) is 23.5 Å². The lowest BCUT2D eigenvalue weighted by Gasteiger charge is -2.46. The molecular formula is C27H29N3O12S2. The maximum Gasteiger partial charge on any atom is 0.510 e. The van der Waals surface area contributed by atoms with Gasteiger partial charge in [-0.25, -0.2) is 9.59 Å². The predicted octanol–water partition coefficient (Wildman–Crippen LogP) is 4.70. The van der Waals surface area contributed by atoms with E-state index in [4.69, 9.17) is 18.9 Å². The van der Waals surface area contributed by atoms with Crippen molar-refractivity contribution < 1.29 is 48.0 Å². The number of Topliss-reactive ketones (excluding diaryl/α,β-unsaturated/α-hetero) is 1. The largest absolute Gasteiger partial charge is 0.510 e. The highest BCUT2D eigenvalue weighted by Gasteiger charge is 2.48. The molecule has 15 nitrogen and oxygen atoms in total. The number of benzene rings is 2. The maximum atomic E-state index is 12.9. The monoisotopic (exact) mass is 651 g/mol. The van der Waals surface area contributed by atoms with E-state index in [2.05, 4.69) is 0 Å². The molecule has 1 aliphatic heterocycles. The molecule has 0 aliphatic carbocycles. The third kappa shape index (κ3) is 9.06. The smallest absolute Gasteiger partial charge is 0.434 e. The first-order valence-corrected chi connectivity index (χ1v) is 15.6. The molecule has 0 spiro atoms. The number of ketones is 1.